The maximum absolute atomic E-state index is 12.5. The fourth-order valence-electron chi connectivity index (χ4n) is 5.01. The molecule has 110 valence electrons. The molecular formula is C15H24F3N. The summed E-state index contributed by atoms with van der Waals surface area (Å²) in [5.74, 6) is 3.77. The lowest BCUT2D eigenvalue weighted by Crippen LogP contribution is -2.35. The number of hydrogen-bond donors (Lipinski definition) is 1. The van der Waals surface area contributed by atoms with Gasteiger partial charge in [-0.05, 0) is 68.2 Å². The quantitative estimate of drug-likeness (QED) is 0.773. The predicted molar refractivity (Wildman–Crippen MR) is 68.7 cm³/mol. The molecule has 0 aromatic heterocycles. The zero-order valence-electron chi connectivity index (χ0n) is 11.5. The second kappa shape index (κ2) is 4.94. The molecule has 4 heteroatoms. The van der Waals surface area contributed by atoms with Crippen LogP contribution in [0.5, 0.6) is 0 Å². The van der Waals surface area contributed by atoms with E-state index >= 15 is 0 Å². The van der Waals surface area contributed by atoms with Crippen LogP contribution < -0.4 is 5.32 Å². The van der Waals surface area contributed by atoms with Gasteiger partial charge in [-0.1, -0.05) is 6.92 Å². The molecule has 0 aliphatic heterocycles. The first-order chi connectivity index (χ1) is 9.01. The molecule has 5 atom stereocenters. The van der Waals surface area contributed by atoms with Crippen LogP contribution in [-0.4, -0.2) is 18.8 Å². The van der Waals surface area contributed by atoms with E-state index in [9.17, 15) is 13.2 Å². The van der Waals surface area contributed by atoms with Gasteiger partial charge in [0, 0.05) is 12.5 Å². The molecule has 3 rings (SSSR count). The monoisotopic (exact) mass is 275 g/mol. The largest absolute Gasteiger partial charge is 0.389 e. The van der Waals surface area contributed by atoms with E-state index in [1.807, 2.05) is 0 Å². The topological polar surface area (TPSA) is 12.0 Å². The van der Waals surface area contributed by atoms with Gasteiger partial charge in [0.25, 0.3) is 0 Å². The molecule has 0 spiro atoms. The Morgan fingerprint density at radius 2 is 1.79 bits per heavy atom. The van der Waals surface area contributed by atoms with Gasteiger partial charge < -0.3 is 5.32 Å². The first-order valence-corrected chi connectivity index (χ1v) is 7.81. The van der Waals surface area contributed by atoms with Crippen molar-refractivity contribution in [1.29, 1.82) is 0 Å². The second-order valence-corrected chi connectivity index (χ2v) is 6.78. The van der Waals surface area contributed by atoms with Gasteiger partial charge >= 0.3 is 6.18 Å². The van der Waals surface area contributed by atoms with E-state index in [-0.39, 0.29) is 12.5 Å². The molecule has 0 radical (unpaired) electrons. The zero-order chi connectivity index (χ0) is 13.6. The van der Waals surface area contributed by atoms with Crippen molar-refractivity contribution in [3.63, 3.8) is 0 Å². The Morgan fingerprint density at radius 1 is 1.16 bits per heavy atom. The third kappa shape index (κ3) is 2.65. The molecule has 5 unspecified atom stereocenters. The summed E-state index contributed by atoms with van der Waals surface area (Å²) in [5.41, 5.74) is 0. The van der Waals surface area contributed by atoms with E-state index in [1.54, 1.807) is 0 Å². The average Bonchev–Trinajstić information content (AvgIpc) is 2.77. The van der Waals surface area contributed by atoms with Gasteiger partial charge in [0.1, 0.15) is 0 Å². The molecule has 1 N–H and O–H groups in total. The highest BCUT2D eigenvalue weighted by molar-refractivity contribution is 5.15. The van der Waals surface area contributed by atoms with Crippen LogP contribution in [0.4, 0.5) is 13.2 Å². The summed E-state index contributed by atoms with van der Waals surface area (Å²) in [7, 11) is 0. The molecule has 0 saturated heterocycles. The van der Waals surface area contributed by atoms with Crippen LogP contribution in [0.25, 0.3) is 0 Å². The summed E-state index contributed by atoms with van der Waals surface area (Å²) in [6.45, 7) is 2.93. The van der Waals surface area contributed by atoms with Crippen molar-refractivity contribution in [2.75, 3.05) is 6.54 Å². The highest BCUT2D eigenvalue weighted by Gasteiger charge is 2.66. The van der Waals surface area contributed by atoms with Crippen molar-refractivity contribution >= 4 is 0 Å². The molecule has 0 aromatic rings. The van der Waals surface area contributed by atoms with Crippen LogP contribution in [0.2, 0.25) is 0 Å². The van der Waals surface area contributed by atoms with Gasteiger partial charge in [-0.25, -0.2) is 0 Å². The fourth-order valence-corrected chi connectivity index (χ4v) is 5.01. The number of halogens is 3. The van der Waals surface area contributed by atoms with Crippen LogP contribution >= 0.6 is 0 Å². The first-order valence-electron chi connectivity index (χ1n) is 7.81. The molecular weight excluding hydrogens is 251 g/mol. The van der Waals surface area contributed by atoms with E-state index in [4.69, 9.17) is 0 Å². The summed E-state index contributed by atoms with van der Waals surface area (Å²) in [4.78, 5) is 0. The Hall–Kier alpha value is -0.250. The van der Waals surface area contributed by atoms with Gasteiger partial charge in [-0.2, -0.15) is 13.2 Å². The van der Waals surface area contributed by atoms with Gasteiger partial charge in [0.05, 0.1) is 0 Å². The van der Waals surface area contributed by atoms with Crippen LogP contribution in [0.15, 0.2) is 0 Å². The first kappa shape index (κ1) is 13.7. The van der Waals surface area contributed by atoms with Crippen molar-refractivity contribution in [2.24, 2.45) is 29.6 Å². The SMILES string of the molecule is CCCNC(CCC(F)(F)F)C1C2C3CCC(C3)C21. The van der Waals surface area contributed by atoms with E-state index in [0.29, 0.717) is 5.92 Å². The second-order valence-electron chi connectivity index (χ2n) is 6.78. The summed E-state index contributed by atoms with van der Waals surface area (Å²) < 4.78 is 37.4. The van der Waals surface area contributed by atoms with Gasteiger partial charge in [-0.15, -0.1) is 0 Å². The van der Waals surface area contributed by atoms with Crippen LogP contribution in [0.3, 0.4) is 0 Å². The van der Waals surface area contributed by atoms with Crippen molar-refractivity contribution in [1.82, 2.24) is 5.32 Å². The normalized spacial score (nSPS) is 41.4. The van der Waals surface area contributed by atoms with E-state index < -0.39 is 12.6 Å². The minimum atomic E-state index is -4.00. The summed E-state index contributed by atoms with van der Waals surface area (Å²) in [6, 6.07) is 0.111. The molecule has 2 bridgehead atoms. The molecule has 3 saturated carbocycles. The number of alkyl halides is 3. The summed E-state index contributed by atoms with van der Waals surface area (Å²) >= 11 is 0. The maximum atomic E-state index is 12.5. The Morgan fingerprint density at radius 3 is 2.32 bits per heavy atom. The molecule has 3 aliphatic carbocycles. The minimum absolute atomic E-state index is 0.111. The highest BCUT2D eigenvalue weighted by atomic mass is 19.4. The van der Waals surface area contributed by atoms with Crippen LogP contribution in [0.1, 0.15) is 45.4 Å². The van der Waals surface area contributed by atoms with Gasteiger partial charge in [0.15, 0.2) is 0 Å². The predicted octanol–water partition coefficient (Wildman–Crippen LogP) is 3.99. The van der Waals surface area contributed by atoms with Crippen molar-refractivity contribution < 1.29 is 13.2 Å². The van der Waals surface area contributed by atoms with Gasteiger partial charge in [-0.3, -0.25) is 0 Å². The number of rotatable bonds is 6. The molecule has 0 heterocycles. The Balaban J connectivity index is 1.58. The zero-order valence-corrected chi connectivity index (χ0v) is 11.5. The lowest BCUT2D eigenvalue weighted by molar-refractivity contribution is -0.137. The molecule has 3 aliphatic rings. The minimum Gasteiger partial charge on any atom is -0.314 e. The smallest absolute Gasteiger partial charge is 0.314 e. The lowest BCUT2D eigenvalue weighted by atomic mass is 9.94. The average molecular weight is 275 g/mol. The number of fused-ring (bicyclic) bond motifs is 5. The van der Waals surface area contributed by atoms with Crippen molar-refractivity contribution in [2.45, 2.75) is 57.7 Å². The van der Waals surface area contributed by atoms with E-state index in [1.165, 1.54) is 19.3 Å². The van der Waals surface area contributed by atoms with E-state index in [0.717, 1.165) is 36.6 Å². The molecule has 3 fully saturated rings. The molecule has 0 aromatic carbocycles. The molecule has 0 amide bonds. The maximum Gasteiger partial charge on any atom is 0.389 e. The number of hydrogen-bond acceptors (Lipinski definition) is 1. The summed E-state index contributed by atoms with van der Waals surface area (Å²) in [5, 5.41) is 3.40. The molecule has 19 heavy (non-hydrogen) atoms. The third-order valence-electron chi connectivity index (χ3n) is 5.65. The Kier molecular flexibility index (Phi) is 3.57. The highest BCUT2D eigenvalue weighted by Crippen LogP contribution is 2.70. The van der Waals surface area contributed by atoms with Gasteiger partial charge in [0.2, 0.25) is 0 Å². The van der Waals surface area contributed by atoms with Crippen LogP contribution in [-0.2, 0) is 0 Å². The lowest BCUT2D eigenvalue weighted by Gasteiger charge is -2.22. The van der Waals surface area contributed by atoms with Crippen molar-refractivity contribution in [3.8, 4) is 0 Å². The fraction of sp³-hybridized carbons (Fsp3) is 1.00. The number of nitrogens with one attached hydrogen (secondary N) is 1. The van der Waals surface area contributed by atoms with Crippen LogP contribution in [0, 0.1) is 29.6 Å². The van der Waals surface area contributed by atoms with Crippen molar-refractivity contribution in [3.05, 3.63) is 0 Å². The Labute approximate surface area is 113 Å². The third-order valence-corrected chi connectivity index (χ3v) is 5.65. The summed E-state index contributed by atoms with van der Waals surface area (Å²) in [6.07, 6.45) is 0.683. The van der Waals surface area contributed by atoms with E-state index in [2.05, 4.69) is 12.2 Å². The standard InChI is InChI=1S/C15H24F3N/c1-2-7-19-11(5-6-15(16,17)18)14-12-9-3-4-10(8-9)13(12)14/h9-14,19H,2-8H2,1H3. The molecule has 1 nitrogen and oxygen atoms in total. The Bertz CT molecular complexity index is 312.